The summed E-state index contributed by atoms with van der Waals surface area (Å²) in [7, 11) is 1.72. The van der Waals surface area contributed by atoms with Gasteiger partial charge in [0, 0.05) is 13.6 Å². The van der Waals surface area contributed by atoms with Crippen molar-refractivity contribution < 1.29 is 9.59 Å². The van der Waals surface area contributed by atoms with E-state index in [2.05, 4.69) is 20.8 Å². The van der Waals surface area contributed by atoms with Gasteiger partial charge in [0.15, 0.2) is 0 Å². The summed E-state index contributed by atoms with van der Waals surface area (Å²) in [5.74, 6) is 0.173. The van der Waals surface area contributed by atoms with Crippen molar-refractivity contribution in [2.75, 3.05) is 12.3 Å². The number of hydrogen-bond acceptors (Lipinski definition) is 6. The maximum absolute atomic E-state index is 12.0. The number of carbonyl (C=O) groups is 2. The summed E-state index contributed by atoms with van der Waals surface area (Å²) in [5, 5.41) is 14.4. The Morgan fingerprint density at radius 1 is 1.61 bits per heavy atom. The Bertz CT molecular complexity index is 503. The van der Waals surface area contributed by atoms with Gasteiger partial charge in [-0.05, 0) is 16.8 Å². The van der Waals surface area contributed by atoms with Gasteiger partial charge < -0.3 is 10.2 Å². The first-order chi connectivity index (χ1) is 8.66. The van der Waals surface area contributed by atoms with E-state index in [4.69, 9.17) is 0 Å². The smallest absolute Gasteiger partial charge is 0.245 e. The predicted octanol–water partition coefficient (Wildman–Crippen LogP) is -1.60. The van der Waals surface area contributed by atoms with Gasteiger partial charge >= 0.3 is 0 Å². The van der Waals surface area contributed by atoms with Gasteiger partial charge in [0.2, 0.25) is 17.0 Å². The molecule has 0 bridgehead atoms. The Kier molecular flexibility index (Phi) is 2.69. The fourth-order valence-corrected chi connectivity index (χ4v) is 3.01. The van der Waals surface area contributed by atoms with E-state index in [-0.39, 0.29) is 29.7 Å². The molecule has 2 atom stereocenters. The average molecular weight is 268 g/mol. The third-order valence-electron chi connectivity index (χ3n) is 3.22. The number of rotatable bonds is 3. The quantitative estimate of drug-likeness (QED) is 0.524. The van der Waals surface area contributed by atoms with E-state index < -0.39 is 0 Å². The lowest BCUT2D eigenvalue weighted by atomic mass is 10.0. The first kappa shape index (κ1) is 11.5. The monoisotopic (exact) mass is 268 g/mol. The molecule has 0 unspecified atom stereocenters. The van der Waals surface area contributed by atoms with Crippen molar-refractivity contribution >= 4 is 23.6 Å². The minimum absolute atomic E-state index is 0.0367. The van der Waals surface area contributed by atoms with Crippen molar-refractivity contribution in [3.8, 4) is 0 Å². The normalized spacial score (nSPS) is 25.6. The summed E-state index contributed by atoms with van der Waals surface area (Å²) >= 11 is 1.28. The van der Waals surface area contributed by atoms with Crippen LogP contribution in [0.1, 0.15) is 6.42 Å². The van der Waals surface area contributed by atoms with Crippen molar-refractivity contribution in [1.82, 2.24) is 30.4 Å². The Balaban J connectivity index is 1.59. The van der Waals surface area contributed by atoms with E-state index in [0.717, 1.165) is 6.42 Å². The van der Waals surface area contributed by atoms with Crippen LogP contribution in [0.25, 0.3) is 0 Å². The molecule has 1 aromatic heterocycles. The van der Waals surface area contributed by atoms with E-state index in [9.17, 15) is 9.59 Å². The second kappa shape index (κ2) is 4.23. The summed E-state index contributed by atoms with van der Waals surface area (Å²) in [5.41, 5.74) is 0. The molecule has 2 aliphatic rings. The van der Waals surface area contributed by atoms with Crippen molar-refractivity contribution in [2.24, 2.45) is 7.05 Å². The largest absolute Gasteiger partial charge is 0.349 e. The zero-order valence-corrected chi connectivity index (χ0v) is 10.6. The highest BCUT2D eigenvalue weighted by molar-refractivity contribution is 7.99. The second-order valence-electron chi connectivity index (χ2n) is 4.31. The lowest BCUT2D eigenvalue weighted by Crippen LogP contribution is -2.65. The highest BCUT2D eigenvalue weighted by Gasteiger charge is 2.49. The molecule has 0 radical (unpaired) electrons. The molecule has 2 aliphatic heterocycles. The van der Waals surface area contributed by atoms with Gasteiger partial charge in [-0.3, -0.25) is 9.59 Å². The molecule has 96 valence electrons. The average Bonchev–Trinajstić information content (AvgIpc) is 2.89. The van der Waals surface area contributed by atoms with E-state index in [1.807, 2.05) is 0 Å². The third kappa shape index (κ3) is 1.74. The van der Waals surface area contributed by atoms with Gasteiger partial charge in [0.05, 0.1) is 11.8 Å². The Hall–Kier alpha value is -1.64. The number of nitrogens with zero attached hydrogens (tertiary/aromatic N) is 5. The molecule has 2 saturated heterocycles. The van der Waals surface area contributed by atoms with Crippen LogP contribution in [0.5, 0.6) is 0 Å². The van der Waals surface area contributed by atoms with Crippen LogP contribution in [0.15, 0.2) is 5.16 Å². The van der Waals surface area contributed by atoms with Crippen molar-refractivity contribution in [3.05, 3.63) is 0 Å². The molecule has 0 spiro atoms. The topological polar surface area (TPSA) is 93.0 Å². The lowest BCUT2D eigenvalue weighted by Gasteiger charge is -2.35. The van der Waals surface area contributed by atoms with Gasteiger partial charge in [-0.1, -0.05) is 11.8 Å². The molecule has 18 heavy (non-hydrogen) atoms. The lowest BCUT2D eigenvalue weighted by molar-refractivity contribution is -0.142. The minimum Gasteiger partial charge on any atom is -0.349 e. The van der Waals surface area contributed by atoms with Crippen molar-refractivity contribution in [2.45, 2.75) is 23.7 Å². The van der Waals surface area contributed by atoms with Gasteiger partial charge in [-0.15, -0.1) is 5.10 Å². The SMILES string of the molecule is Cn1nnnc1SCC(=O)N1CC[C@H]2NC(=O)[C@H]21. The number of tetrazole rings is 1. The van der Waals surface area contributed by atoms with Gasteiger partial charge in [0.25, 0.3) is 0 Å². The number of aromatic nitrogens is 4. The predicted molar refractivity (Wildman–Crippen MR) is 61.6 cm³/mol. The van der Waals surface area contributed by atoms with E-state index >= 15 is 0 Å². The fraction of sp³-hybridized carbons (Fsp3) is 0.667. The zero-order valence-electron chi connectivity index (χ0n) is 9.74. The molecule has 3 rings (SSSR count). The summed E-state index contributed by atoms with van der Waals surface area (Å²) in [4.78, 5) is 25.1. The molecule has 8 nitrogen and oxygen atoms in total. The Morgan fingerprint density at radius 3 is 3.11 bits per heavy atom. The first-order valence-electron chi connectivity index (χ1n) is 5.62. The van der Waals surface area contributed by atoms with Crippen LogP contribution >= 0.6 is 11.8 Å². The van der Waals surface area contributed by atoms with Crippen LogP contribution in [-0.4, -0.2) is 61.3 Å². The van der Waals surface area contributed by atoms with Crippen molar-refractivity contribution in [3.63, 3.8) is 0 Å². The number of carbonyl (C=O) groups excluding carboxylic acids is 2. The van der Waals surface area contributed by atoms with Crippen LogP contribution in [0.4, 0.5) is 0 Å². The molecular formula is C9H12N6O2S. The van der Waals surface area contributed by atoms with Gasteiger partial charge in [-0.25, -0.2) is 4.68 Å². The molecule has 9 heteroatoms. The van der Waals surface area contributed by atoms with Crippen molar-refractivity contribution in [1.29, 1.82) is 0 Å². The maximum atomic E-state index is 12.0. The standard InChI is InChI=1S/C9H12N6O2S/c1-14-9(11-12-13-14)18-4-6(16)15-3-2-5-7(15)8(17)10-5/h5,7H,2-4H2,1H3,(H,10,17)/t5-,7+/m1/s1. The number of β-lactam (4-membered cyclic amide) rings is 1. The van der Waals surface area contributed by atoms with E-state index in [0.29, 0.717) is 11.7 Å². The summed E-state index contributed by atoms with van der Waals surface area (Å²) in [6.45, 7) is 0.643. The van der Waals surface area contributed by atoms with Crippen LogP contribution in [0, 0.1) is 0 Å². The Morgan fingerprint density at radius 2 is 2.44 bits per heavy atom. The number of thioether (sulfide) groups is 1. The minimum atomic E-state index is -0.254. The van der Waals surface area contributed by atoms with E-state index in [1.165, 1.54) is 16.4 Å². The van der Waals surface area contributed by atoms with Gasteiger partial charge in [-0.2, -0.15) is 0 Å². The van der Waals surface area contributed by atoms with Crippen LogP contribution in [-0.2, 0) is 16.6 Å². The molecule has 2 fully saturated rings. The maximum Gasteiger partial charge on any atom is 0.245 e. The summed E-state index contributed by atoms with van der Waals surface area (Å²) in [6.07, 6.45) is 0.846. The molecule has 1 aromatic rings. The van der Waals surface area contributed by atoms with Crippen LogP contribution in [0.3, 0.4) is 0 Å². The fourth-order valence-electron chi connectivity index (χ4n) is 2.27. The molecule has 0 aromatic carbocycles. The molecule has 1 N–H and O–H groups in total. The number of nitrogens with one attached hydrogen (secondary N) is 1. The molecule has 3 heterocycles. The first-order valence-corrected chi connectivity index (χ1v) is 6.60. The number of fused-ring (bicyclic) bond motifs is 1. The summed E-state index contributed by atoms with van der Waals surface area (Å²) in [6, 6.07) is -0.0985. The van der Waals surface area contributed by atoms with Crippen LogP contribution in [0.2, 0.25) is 0 Å². The highest BCUT2D eigenvalue weighted by Crippen LogP contribution is 2.26. The highest BCUT2D eigenvalue weighted by atomic mass is 32.2. The molecule has 0 saturated carbocycles. The van der Waals surface area contributed by atoms with Gasteiger partial charge in [0.1, 0.15) is 6.04 Å². The summed E-state index contributed by atoms with van der Waals surface area (Å²) < 4.78 is 1.51. The molecule has 2 amide bonds. The molecular weight excluding hydrogens is 256 g/mol. The zero-order chi connectivity index (χ0) is 12.7. The van der Waals surface area contributed by atoms with E-state index in [1.54, 1.807) is 11.9 Å². The number of aryl methyl sites for hydroxylation is 1. The number of likely N-dealkylation sites (tertiary alicyclic amines) is 1. The molecule has 0 aliphatic carbocycles. The third-order valence-corrected chi connectivity index (χ3v) is 4.22. The number of amides is 2. The number of hydrogen-bond donors (Lipinski definition) is 1. The second-order valence-corrected chi connectivity index (χ2v) is 5.25. The Labute approximate surface area is 107 Å². The van der Waals surface area contributed by atoms with Crippen LogP contribution < -0.4 is 5.32 Å².